The number of pyridine rings is 2. The minimum atomic E-state index is -3.98. The van der Waals surface area contributed by atoms with E-state index in [-0.39, 0.29) is 29.3 Å². The van der Waals surface area contributed by atoms with E-state index < -0.39 is 10.0 Å². The van der Waals surface area contributed by atoms with Crippen LogP contribution in [0.3, 0.4) is 0 Å². The van der Waals surface area contributed by atoms with Gasteiger partial charge in [-0.1, -0.05) is 18.2 Å². The van der Waals surface area contributed by atoms with E-state index in [1.807, 2.05) is 26.0 Å². The van der Waals surface area contributed by atoms with Crippen molar-refractivity contribution in [2.45, 2.75) is 38.8 Å². The maximum atomic E-state index is 13.6. The van der Waals surface area contributed by atoms with Crippen LogP contribution < -0.4 is 5.56 Å². The van der Waals surface area contributed by atoms with Gasteiger partial charge in [0.25, 0.3) is 5.56 Å². The van der Waals surface area contributed by atoms with E-state index in [0.717, 1.165) is 16.5 Å². The zero-order valence-corrected chi connectivity index (χ0v) is 20.0. The number of H-pyrrole nitrogens is 1. The molecule has 0 saturated carbocycles. The van der Waals surface area contributed by atoms with Gasteiger partial charge in [0.15, 0.2) is 5.78 Å². The fraction of sp³-hybridized carbons (Fsp3) is 0.192. The second-order valence-electron chi connectivity index (χ2n) is 8.36. The van der Waals surface area contributed by atoms with Crippen molar-refractivity contribution in [3.05, 3.63) is 105 Å². The molecule has 7 nitrogen and oxygen atoms in total. The van der Waals surface area contributed by atoms with Crippen LogP contribution in [0.5, 0.6) is 0 Å². The Hall–Kier alpha value is -3.62. The molecule has 0 spiro atoms. The van der Waals surface area contributed by atoms with Crippen molar-refractivity contribution in [2.24, 2.45) is 0 Å². The van der Waals surface area contributed by atoms with E-state index >= 15 is 0 Å². The predicted octanol–water partition coefficient (Wildman–Crippen LogP) is 4.13. The van der Waals surface area contributed by atoms with Gasteiger partial charge in [-0.3, -0.25) is 14.6 Å². The third-order valence-electron chi connectivity index (χ3n) is 5.86. The van der Waals surface area contributed by atoms with Crippen molar-refractivity contribution in [3.8, 4) is 0 Å². The molecule has 0 radical (unpaired) electrons. The monoisotopic (exact) mass is 475 g/mol. The molecule has 174 valence electrons. The van der Waals surface area contributed by atoms with E-state index in [9.17, 15) is 18.0 Å². The average molecular weight is 476 g/mol. The van der Waals surface area contributed by atoms with Crippen LogP contribution in [0.4, 0.5) is 0 Å². The molecule has 2 aromatic carbocycles. The lowest BCUT2D eigenvalue weighted by atomic mass is 10.0. The molecule has 1 N–H and O–H groups in total. The quantitative estimate of drug-likeness (QED) is 0.405. The van der Waals surface area contributed by atoms with Gasteiger partial charge < -0.3 is 4.98 Å². The summed E-state index contributed by atoms with van der Waals surface area (Å²) in [7, 11) is -3.98. The van der Waals surface area contributed by atoms with Gasteiger partial charge in [-0.2, -0.15) is 4.31 Å². The Kier molecular flexibility index (Phi) is 6.45. The van der Waals surface area contributed by atoms with Gasteiger partial charge in [0.2, 0.25) is 10.0 Å². The van der Waals surface area contributed by atoms with Crippen LogP contribution >= 0.6 is 0 Å². The summed E-state index contributed by atoms with van der Waals surface area (Å²) in [6.45, 7) is 5.30. The van der Waals surface area contributed by atoms with Crippen molar-refractivity contribution in [2.75, 3.05) is 0 Å². The molecular formula is C26H25N3O4S. The predicted molar refractivity (Wildman–Crippen MR) is 131 cm³/mol. The Morgan fingerprint density at radius 2 is 1.71 bits per heavy atom. The number of sulfonamides is 1. The first-order valence-electron chi connectivity index (χ1n) is 10.8. The number of aromatic nitrogens is 2. The highest BCUT2D eigenvalue weighted by Gasteiger charge is 2.26. The standard InChI is InChI=1S/C26H25N3O4S/c1-17-11-22-13-23(26(31)28-25(22)12-18(17)2)16-29(15-20-5-4-10-27-14-20)34(32,33)24-8-6-21(7-9-24)19(3)30/h4-14H,15-16H2,1-3H3,(H,28,31). The van der Waals surface area contributed by atoms with Crippen LogP contribution in [-0.2, 0) is 23.1 Å². The molecule has 8 heteroatoms. The number of hydrogen-bond acceptors (Lipinski definition) is 5. The molecule has 0 aliphatic carbocycles. The van der Waals surface area contributed by atoms with Gasteiger partial charge in [-0.05, 0) is 79.2 Å². The van der Waals surface area contributed by atoms with E-state index in [4.69, 9.17) is 0 Å². The van der Waals surface area contributed by atoms with E-state index in [2.05, 4.69) is 9.97 Å². The Bertz CT molecular complexity index is 1530. The Morgan fingerprint density at radius 1 is 1.00 bits per heavy atom. The second kappa shape index (κ2) is 9.32. The zero-order chi connectivity index (χ0) is 24.5. The molecule has 0 amide bonds. The van der Waals surface area contributed by atoms with Crippen molar-refractivity contribution in [1.29, 1.82) is 0 Å². The lowest BCUT2D eigenvalue weighted by Crippen LogP contribution is -2.32. The van der Waals surface area contributed by atoms with Gasteiger partial charge >= 0.3 is 0 Å². The number of nitrogens with one attached hydrogen (secondary N) is 1. The van der Waals surface area contributed by atoms with E-state index in [1.54, 1.807) is 30.6 Å². The summed E-state index contributed by atoms with van der Waals surface area (Å²) in [4.78, 5) is 31.5. The van der Waals surface area contributed by atoms with E-state index in [0.29, 0.717) is 22.2 Å². The largest absolute Gasteiger partial charge is 0.322 e. The van der Waals surface area contributed by atoms with Gasteiger partial charge in [-0.25, -0.2) is 8.42 Å². The number of benzene rings is 2. The van der Waals surface area contributed by atoms with Gasteiger partial charge in [0.1, 0.15) is 0 Å². The number of Topliss-reactive ketones (excluding diaryl/α,β-unsaturated/α-hetero) is 1. The molecule has 2 heterocycles. The van der Waals surface area contributed by atoms with Gasteiger partial charge in [0, 0.05) is 42.1 Å². The summed E-state index contributed by atoms with van der Waals surface area (Å²) < 4.78 is 28.5. The average Bonchev–Trinajstić information content (AvgIpc) is 2.81. The first-order valence-corrected chi connectivity index (χ1v) is 12.2. The number of aromatic amines is 1. The van der Waals surface area contributed by atoms with Crippen molar-refractivity contribution in [3.63, 3.8) is 0 Å². The summed E-state index contributed by atoms with van der Waals surface area (Å²) in [5, 5.41) is 0.835. The number of nitrogens with zero attached hydrogens (tertiary/aromatic N) is 2. The molecule has 34 heavy (non-hydrogen) atoms. The van der Waals surface area contributed by atoms with E-state index in [1.165, 1.54) is 35.5 Å². The number of hydrogen-bond donors (Lipinski definition) is 1. The normalized spacial score (nSPS) is 11.8. The van der Waals surface area contributed by atoms with Crippen molar-refractivity contribution < 1.29 is 13.2 Å². The highest BCUT2D eigenvalue weighted by atomic mass is 32.2. The molecular weight excluding hydrogens is 450 g/mol. The second-order valence-corrected chi connectivity index (χ2v) is 10.3. The molecule has 4 aromatic rings. The Labute approximate surface area is 198 Å². The summed E-state index contributed by atoms with van der Waals surface area (Å²) in [6, 6.07) is 15.0. The molecule has 0 bridgehead atoms. The summed E-state index contributed by atoms with van der Waals surface area (Å²) in [5.74, 6) is -0.149. The number of rotatable bonds is 7. The highest BCUT2D eigenvalue weighted by Crippen LogP contribution is 2.23. The lowest BCUT2D eigenvalue weighted by molar-refractivity contribution is 0.101. The third kappa shape index (κ3) is 4.83. The molecule has 2 aromatic heterocycles. The number of aryl methyl sites for hydroxylation is 2. The Morgan fingerprint density at radius 3 is 2.35 bits per heavy atom. The number of ketones is 1. The summed E-state index contributed by atoms with van der Waals surface area (Å²) >= 11 is 0. The fourth-order valence-electron chi connectivity index (χ4n) is 3.76. The maximum absolute atomic E-state index is 13.6. The van der Waals surface area contributed by atoms with Crippen LogP contribution in [-0.4, -0.2) is 28.5 Å². The Balaban J connectivity index is 1.77. The zero-order valence-electron chi connectivity index (χ0n) is 19.2. The number of carbonyl (C=O) groups is 1. The number of carbonyl (C=O) groups excluding carboxylic acids is 1. The molecule has 4 rings (SSSR count). The lowest BCUT2D eigenvalue weighted by Gasteiger charge is -2.22. The van der Waals surface area contributed by atoms with Gasteiger partial charge in [0.05, 0.1) is 4.90 Å². The molecule has 0 aliphatic heterocycles. The topological polar surface area (TPSA) is 100 Å². The minimum absolute atomic E-state index is 0.0367. The maximum Gasteiger partial charge on any atom is 0.252 e. The van der Waals surface area contributed by atoms with Crippen LogP contribution in [0.1, 0.15) is 39.5 Å². The molecule has 0 fully saturated rings. The third-order valence-corrected chi connectivity index (χ3v) is 7.67. The number of fused-ring (bicyclic) bond motifs is 1. The van der Waals surface area contributed by atoms with Crippen LogP contribution in [0.15, 0.2) is 76.7 Å². The first-order chi connectivity index (χ1) is 16.1. The molecule has 0 unspecified atom stereocenters. The fourth-order valence-corrected chi connectivity index (χ4v) is 5.17. The minimum Gasteiger partial charge on any atom is -0.322 e. The van der Waals surface area contributed by atoms with Gasteiger partial charge in [-0.15, -0.1) is 0 Å². The van der Waals surface area contributed by atoms with Crippen LogP contribution in [0.2, 0.25) is 0 Å². The smallest absolute Gasteiger partial charge is 0.252 e. The molecule has 0 atom stereocenters. The molecule has 0 saturated heterocycles. The summed E-state index contributed by atoms with van der Waals surface area (Å²) in [6.07, 6.45) is 3.21. The molecule has 0 aliphatic rings. The van der Waals surface area contributed by atoms with Crippen LogP contribution in [0.25, 0.3) is 10.9 Å². The SMILES string of the molecule is CC(=O)c1ccc(S(=O)(=O)N(Cc2cccnc2)Cc2cc3cc(C)c(C)cc3[nH]c2=O)cc1. The van der Waals surface area contributed by atoms with Crippen molar-refractivity contribution >= 4 is 26.7 Å². The first kappa shape index (κ1) is 23.5. The highest BCUT2D eigenvalue weighted by molar-refractivity contribution is 7.89. The van der Waals surface area contributed by atoms with Crippen molar-refractivity contribution in [1.82, 2.24) is 14.3 Å². The van der Waals surface area contributed by atoms with Crippen LogP contribution in [0, 0.1) is 13.8 Å². The summed E-state index contributed by atoms with van der Waals surface area (Å²) in [5.41, 5.74) is 3.96.